The van der Waals surface area contributed by atoms with Crippen molar-refractivity contribution in [1.82, 2.24) is 20.2 Å². The van der Waals surface area contributed by atoms with Gasteiger partial charge in [0.05, 0.1) is 25.2 Å². The van der Waals surface area contributed by atoms with Gasteiger partial charge in [0.1, 0.15) is 11.5 Å². The molecule has 1 amide bonds. The average Bonchev–Trinajstić information content (AvgIpc) is 3.39. The summed E-state index contributed by atoms with van der Waals surface area (Å²) in [7, 11) is 3.80. The predicted molar refractivity (Wildman–Crippen MR) is 156 cm³/mol. The van der Waals surface area contributed by atoms with Crippen LogP contribution in [0.3, 0.4) is 0 Å². The summed E-state index contributed by atoms with van der Waals surface area (Å²) < 4.78 is 11.1. The number of rotatable bonds is 11. The van der Waals surface area contributed by atoms with E-state index in [-0.39, 0.29) is 24.2 Å². The van der Waals surface area contributed by atoms with Crippen LogP contribution in [0.1, 0.15) is 30.7 Å². The van der Waals surface area contributed by atoms with E-state index in [1.165, 1.54) is 0 Å². The van der Waals surface area contributed by atoms with E-state index in [1.54, 1.807) is 18.5 Å². The van der Waals surface area contributed by atoms with E-state index in [0.29, 0.717) is 18.2 Å². The highest BCUT2D eigenvalue weighted by atomic mass is 35.5. The molecule has 1 heterocycles. The number of H-pyrrole nitrogens is 1. The normalized spacial score (nSPS) is 13.8. The van der Waals surface area contributed by atoms with Crippen molar-refractivity contribution < 1.29 is 14.3 Å². The number of halogens is 3. The molecule has 1 atom stereocenters. The Morgan fingerprint density at radius 3 is 2.18 bits per heavy atom. The van der Waals surface area contributed by atoms with Crippen LogP contribution in [0.25, 0.3) is 0 Å². The number of nitrogens with zero attached hydrogens (tertiary/aromatic N) is 2. The number of carbonyl (C=O) groups excluding carboxylic acids is 1. The van der Waals surface area contributed by atoms with Crippen molar-refractivity contribution in [1.29, 1.82) is 0 Å². The first-order chi connectivity index (χ1) is 18.0. The Hall–Kier alpha value is -2.45. The number of aryl methyl sites for hydroxylation is 1. The fourth-order valence-corrected chi connectivity index (χ4v) is 4.28. The molecule has 7 nitrogen and oxygen atoms in total. The number of nitrogens with one attached hydrogen (secondary N) is 2. The minimum absolute atomic E-state index is 0. The van der Waals surface area contributed by atoms with Gasteiger partial charge in [-0.2, -0.15) is 0 Å². The molecule has 10 heteroatoms. The number of aromatic nitrogens is 2. The Bertz CT molecular complexity index is 1080. The standard InChI is InChI=1S/C18H22ClN3O2.C10H14ClNO.ClH/c1-22(9-2-10-24-15-6-4-14(19)5-7-15)18(23)13-3-8-16-17(11-13)21-12-20-16;1-12-7-2-8-13-10-5-3-9(11)4-6-10;/h4-7,12-13H,2-3,8-11H2,1H3,(H,20,21);3-6,12H,2,7-8H2,1H3;1H. The second kappa shape index (κ2) is 17.2. The molecule has 2 aromatic carbocycles. The second-order valence-electron chi connectivity index (χ2n) is 8.94. The maximum atomic E-state index is 12.6. The third-order valence-electron chi connectivity index (χ3n) is 6.09. The van der Waals surface area contributed by atoms with Crippen molar-refractivity contribution in [3.05, 3.63) is 76.3 Å². The van der Waals surface area contributed by atoms with Crippen LogP contribution in [0.5, 0.6) is 11.5 Å². The van der Waals surface area contributed by atoms with E-state index < -0.39 is 0 Å². The predicted octanol–water partition coefficient (Wildman–Crippen LogP) is 5.85. The lowest BCUT2D eigenvalue weighted by Gasteiger charge is -2.26. The zero-order valence-corrected chi connectivity index (χ0v) is 24.2. The molecule has 0 spiro atoms. The van der Waals surface area contributed by atoms with Crippen LogP contribution in [0, 0.1) is 5.92 Å². The lowest BCUT2D eigenvalue weighted by atomic mass is 9.89. The number of aromatic amines is 1. The second-order valence-corrected chi connectivity index (χ2v) is 9.82. The zero-order valence-electron chi connectivity index (χ0n) is 21.9. The summed E-state index contributed by atoms with van der Waals surface area (Å²) in [6.07, 6.45) is 6.05. The summed E-state index contributed by atoms with van der Waals surface area (Å²) >= 11 is 11.6. The van der Waals surface area contributed by atoms with Gasteiger partial charge < -0.3 is 24.7 Å². The molecular formula is C28H37Cl3N4O3. The topological polar surface area (TPSA) is 79.5 Å². The highest BCUT2D eigenvalue weighted by Crippen LogP contribution is 2.24. The van der Waals surface area contributed by atoms with Crippen molar-refractivity contribution >= 4 is 41.5 Å². The van der Waals surface area contributed by atoms with Gasteiger partial charge in [-0.25, -0.2) is 4.98 Å². The van der Waals surface area contributed by atoms with E-state index >= 15 is 0 Å². The van der Waals surface area contributed by atoms with Crippen LogP contribution in [0.4, 0.5) is 0 Å². The van der Waals surface area contributed by atoms with Crippen LogP contribution in [0.15, 0.2) is 54.9 Å². The molecule has 1 unspecified atom stereocenters. The zero-order chi connectivity index (χ0) is 26.5. The molecule has 1 aliphatic rings. The first-order valence-electron chi connectivity index (χ1n) is 12.6. The number of ether oxygens (including phenoxy) is 2. The largest absolute Gasteiger partial charge is 0.494 e. The quantitative estimate of drug-likeness (QED) is 0.277. The van der Waals surface area contributed by atoms with Crippen LogP contribution in [-0.2, 0) is 17.6 Å². The molecule has 4 rings (SSSR count). The molecule has 0 fully saturated rings. The van der Waals surface area contributed by atoms with Crippen LogP contribution >= 0.6 is 35.6 Å². The number of hydrogen-bond acceptors (Lipinski definition) is 5. The monoisotopic (exact) mass is 582 g/mol. The summed E-state index contributed by atoms with van der Waals surface area (Å²) in [5.74, 6) is 1.94. The van der Waals surface area contributed by atoms with Crippen molar-refractivity contribution in [2.75, 3.05) is 40.4 Å². The van der Waals surface area contributed by atoms with Crippen LogP contribution < -0.4 is 14.8 Å². The Kier molecular flexibility index (Phi) is 14.4. The molecule has 2 N–H and O–H groups in total. The fourth-order valence-electron chi connectivity index (χ4n) is 4.03. The van der Waals surface area contributed by atoms with E-state index in [1.807, 2.05) is 55.4 Å². The van der Waals surface area contributed by atoms with E-state index in [9.17, 15) is 4.79 Å². The maximum absolute atomic E-state index is 12.6. The molecule has 1 aliphatic carbocycles. The lowest BCUT2D eigenvalue weighted by Crippen LogP contribution is -2.36. The Labute approximate surface area is 241 Å². The first kappa shape index (κ1) is 31.8. The smallest absolute Gasteiger partial charge is 0.225 e. The average molecular weight is 584 g/mol. The third kappa shape index (κ3) is 10.7. The van der Waals surface area contributed by atoms with Crippen LogP contribution in [0.2, 0.25) is 10.0 Å². The Morgan fingerprint density at radius 1 is 1.03 bits per heavy atom. The number of amides is 1. The van der Waals surface area contributed by atoms with Gasteiger partial charge in [-0.1, -0.05) is 23.2 Å². The summed E-state index contributed by atoms with van der Waals surface area (Å²) in [4.78, 5) is 21.8. The Morgan fingerprint density at radius 2 is 1.61 bits per heavy atom. The first-order valence-corrected chi connectivity index (χ1v) is 13.4. The van der Waals surface area contributed by atoms with E-state index in [2.05, 4.69) is 15.3 Å². The van der Waals surface area contributed by atoms with E-state index in [0.717, 1.165) is 73.2 Å². The van der Waals surface area contributed by atoms with Gasteiger partial charge >= 0.3 is 0 Å². The lowest BCUT2D eigenvalue weighted by molar-refractivity contribution is -0.134. The molecule has 0 bridgehead atoms. The van der Waals surface area contributed by atoms with Crippen molar-refractivity contribution in [3.63, 3.8) is 0 Å². The molecule has 1 aromatic heterocycles. The summed E-state index contributed by atoms with van der Waals surface area (Å²) in [5.41, 5.74) is 2.22. The van der Waals surface area contributed by atoms with Gasteiger partial charge in [0, 0.05) is 41.7 Å². The third-order valence-corrected chi connectivity index (χ3v) is 6.59. The SMILES string of the molecule is CN(CCCOc1ccc(Cl)cc1)C(=O)C1CCc2nc[nH]c2C1.CNCCCOc1ccc(Cl)cc1.Cl. The highest BCUT2D eigenvalue weighted by Gasteiger charge is 2.28. The molecular weight excluding hydrogens is 547 g/mol. The van der Waals surface area contributed by atoms with Crippen molar-refractivity contribution in [2.24, 2.45) is 5.92 Å². The van der Waals surface area contributed by atoms with Gasteiger partial charge in [-0.3, -0.25) is 4.79 Å². The number of imidazole rings is 1. The molecule has 38 heavy (non-hydrogen) atoms. The van der Waals surface area contributed by atoms with Gasteiger partial charge in [0.25, 0.3) is 0 Å². The van der Waals surface area contributed by atoms with Crippen LogP contribution in [-0.4, -0.2) is 61.2 Å². The maximum Gasteiger partial charge on any atom is 0.225 e. The minimum Gasteiger partial charge on any atom is -0.494 e. The molecule has 0 saturated heterocycles. The van der Waals surface area contributed by atoms with Gasteiger partial charge in [0.15, 0.2) is 0 Å². The number of benzene rings is 2. The molecule has 0 radical (unpaired) electrons. The number of hydrogen-bond donors (Lipinski definition) is 2. The number of carbonyl (C=O) groups is 1. The minimum atomic E-state index is 0. The van der Waals surface area contributed by atoms with Crippen molar-refractivity contribution in [3.8, 4) is 11.5 Å². The highest BCUT2D eigenvalue weighted by molar-refractivity contribution is 6.30. The number of fused-ring (bicyclic) bond motifs is 1. The van der Waals surface area contributed by atoms with Gasteiger partial charge in [0.2, 0.25) is 5.91 Å². The molecule has 3 aromatic rings. The Balaban J connectivity index is 0.000000309. The van der Waals surface area contributed by atoms with Gasteiger partial charge in [-0.15, -0.1) is 12.4 Å². The summed E-state index contributed by atoms with van der Waals surface area (Å²) in [5, 5.41) is 4.50. The summed E-state index contributed by atoms with van der Waals surface area (Å²) in [6, 6.07) is 14.7. The summed E-state index contributed by atoms with van der Waals surface area (Å²) in [6.45, 7) is 2.99. The van der Waals surface area contributed by atoms with E-state index in [4.69, 9.17) is 32.7 Å². The molecule has 0 aliphatic heterocycles. The van der Waals surface area contributed by atoms with Crippen molar-refractivity contribution in [2.45, 2.75) is 32.1 Å². The fraction of sp³-hybridized carbons (Fsp3) is 0.429. The molecule has 0 saturated carbocycles. The molecule has 208 valence electrons. The van der Waals surface area contributed by atoms with Gasteiger partial charge in [-0.05, 0) is 87.8 Å².